The molecule has 0 aliphatic heterocycles. The minimum absolute atomic E-state index is 0.0745. The van der Waals surface area contributed by atoms with Crippen molar-refractivity contribution < 1.29 is 13.2 Å². The Hall–Kier alpha value is -3.43. The van der Waals surface area contributed by atoms with E-state index in [9.17, 15) is 18.0 Å². The van der Waals surface area contributed by atoms with E-state index in [0.717, 1.165) is 0 Å². The molecular weight excluding hydrogens is 349 g/mol. The van der Waals surface area contributed by atoms with Gasteiger partial charge in [0.05, 0.1) is 28.3 Å². The highest BCUT2D eigenvalue weighted by atomic mass is 19.4. The van der Waals surface area contributed by atoms with Crippen molar-refractivity contribution in [2.75, 3.05) is 5.73 Å². The number of aromatic amines is 1. The van der Waals surface area contributed by atoms with Crippen LogP contribution >= 0.6 is 0 Å². The first-order valence-electron chi connectivity index (χ1n) is 7.48. The number of rotatable bonds is 2. The van der Waals surface area contributed by atoms with Crippen LogP contribution in [0.1, 0.15) is 0 Å². The molecule has 0 saturated heterocycles. The van der Waals surface area contributed by atoms with Gasteiger partial charge in [-0.15, -0.1) is 0 Å². The van der Waals surface area contributed by atoms with Crippen molar-refractivity contribution in [1.82, 2.24) is 24.7 Å². The number of hydrogen-bond donors (Lipinski definition) is 2. The average Bonchev–Trinajstić information content (AvgIpc) is 3.08. The van der Waals surface area contributed by atoms with Gasteiger partial charge >= 0.3 is 6.18 Å². The normalized spacial score (nSPS) is 12.1. The zero-order chi connectivity index (χ0) is 18.5. The lowest BCUT2D eigenvalue weighted by Gasteiger charge is -2.14. The topological polar surface area (TPSA) is 102 Å². The number of nitrogens with two attached hydrogens (primary N) is 1. The van der Waals surface area contributed by atoms with E-state index in [-0.39, 0.29) is 10.9 Å². The molecule has 0 radical (unpaired) electrons. The highest BCUT2D eigenvalue weighted by molar-refractivity contribution is 6.03. The van der Waals surface area contributed by atoms with E-state index in [0.29, 0.717) is 32.5 Å². The smallest absolute Gasteiger partial charge is 0.384 e. The Morgan fingerprint density at radius 1 is 1.12 bits per heavy atom. The highest BCUT2D eigenvalue weighted by Gasteiger charge is 2.30. The first-order valence-corrected chi connectivity index (χ1v) is 7.48. The summed E-state index contributed by atoms with van der Waals surface area (Å²) in [7, 11) is 0. The summed E-state index contributed by atoms with van der Waals surface area (Å²) >= 11 is 0. The molecular formula is C16H11F3N6O. The summed E-state index contributed by atoms with van der Waals surface area (Å²) in [5, 5.41) is 6.86. The van der Waals surface area contributed by atoms with Crippen molar-refractivity contribution in [1.29, 1.82) is 0 Å². The monoisotopic (exact) mass is 360 g/mol. The van der Waals surface area contributed by atoms with Crippen LogP contribution in [0.2, 0.25) is 0 Å². The molecule has 0 unspecified atom stereocenters. The number of aromatic nitrogens is 5. The zero-order valence-electron chi connectivity index (χ0n) is 13.1. The van der Waals surface area contributed by atoms with Gasteiger partial charge in [0.25, 0.3) is 5.56 Å². The second kappa shape index (κ2) is 5.55. The molecule has 0 fully saturated rings. The Bertz CT molecular complexity index is 1180. The second-order valence-electron chi connectivity index (χ2n) is 5.72. The predicted molar refractivity (Wildman–Crippen MR) is 89.4 cm³/mol. The SMILES string of the molecule is Nc1ccc(-c2cc3c(cn2)c2[nH]ncc2c(=O)n3CC(F)(F)F)cn1. The summed E-state index contributed by atoms with van der Waals surface area (Å²) in [4.78, 5) is 20.8. The molecule has 4 aromatic heterocycles. The lowest BCUT2D eigenvalue weighted by Crippen LogP contribution is -2.28. The molecule has 0 bridgehead atoms. The van der Waals surface area contributed by atoms with E-state index in [4.69, 9.17) is 5.73 Å². The summed E-state index contributed by atoms with van der Waals surface area (Å²) in [6, 6.07) is 4.63. The van der Waals surface area contributed by atoms with Crippen LogP contribution in [-0.2, 0) is 6.54 Å². The van der Waals surface area contributed by atoms with Gasteiger partial charge in [-0.3, -0.25) is 19.4 Å². The Morgan fingerprint density at radius 2 is 1.92 bits per heavy atom. The van der Waals surface area contributed by atoms with E-state index in [1.807, 2.05) is 0 Å². The van der Waals surface area contributed by atoms with Crippen LogP contribution in [0.15, 0.2) is 41.6 Å². The molecule has 0 atom stereocenters. The van der Waals surface area contributed by atoms with Crippen molar-refractivity contribution in [2.45, 2.75) is 12.7 Å². The zero-order valence-corrected chi connectivity index (χ0v) is 13.1. The van der Waals surface area contributed by atoms with Crippen LogP contribution in [-0.4, -0.2) is 30.9 Å². The number of nitrogens with one attached hydrogen (secondary N) is 1. The third kappa shape index (κ3) is 2.65. The molecule has 4 aromatic rings. The largest absolute Gasteiger partial charge is 0.406 e. The first-order chi connectivity index (χ1) is 12.3. The predicted octanol–water partition coefficient (Wildman–Crippen LogP) is 2.48. The van der Waals surface area contributed by atoms with Crippen molar-refractivity contribution >= 4 is 27.6 Å². The van der Waals surface area contributed by atoms with E-state index in [2.05, 4.69) is 20.2 Å². The standard InChI is InChI=1S/C16H11F3N6O/c17-16(18,19)7-25-12-3-11(8-1-2-13(20)22-4-8)21-5-9(12)14-10(15(25)26)6-23-24-14/h1-6H,7H2,(H2,20,22)(H,23,24). The van der Waals surface area contributed by atoms with Gasteiger partial charge in [0.2, 0.25) is 0 Å². The van der Waals surface area contributed by atoms with Gasteiger partial charge in [-0.1, -0.05) is 0 Å². The number of nitrogen functional groups attached to an aromatic ring is 1. The molecule has 4 rings (SSSR count). The van der Waals surface area contributed by atoms with Crippen LogP contribution < -0.4 is 11.3 Å². The Kier molecular flexibility index (Phi) is 3.43. The second-order valence-corrected chi connectivity index (χ2v) is 5.72. The first kappa shape index (κ1) is 16.1. The summed E-state index contributed by atoms with van der Waals surface area (Å²) < 4.78 is 39.7. The van der Waals surface area contributed by atoms with Gasteiger partial charge in [0.15, 0.2) is 0 Å². The third-order valence-corrected chi connectivity index (χ3v) is 3.98. The fraction of sp³-hybridized carbons (Fsp3) is 0.125. The quantitative estimate of drug-likeness (QED) is 0.572. The molecule has 10 heteroatoms. The maximum Gasteiger partial charge on any atom is 0.406 e. The van der Waals surface area contributed by atoms with Crippen molar-refractivity contribution in [2.24, 2.45) is 0 Å². The number of H-pyrrole nitrogens is 1. The van der Waals surface area contributed by atoms with Gasteiger partial charge in [0.1, 0.15) is 12.4 Å². The third-order valence-electron chi connectivity index (χ3n) is 3.98. The summed E-state index contributed by atoms with van der Waals surface area (Å²) in [5.74, 6) is 0.308. The molecule has 0 saturated carbocycles. The number of pyridine rings is 3. The van der Waals surface area contributed by atoms with E-state index in [1.165, 1.54) is 24.7 Å². The van der Waals surface area contributed by atoms with Crippen LogP contribution in [0.3, 0.4) is 0 Å². The molecule has 7 nitrogen and oxygen atoms in total. The van der Waals surface area contributed by atoms with Gasteiger partial charge in [-0.2, -0.15) is 18.3 Å². The summed E-state index contributed by atoms with van der Waals surface area (Å²) in [6.07, 6.45) is -0.472. The maximum atomic E-state index is 13.0. The molecule has 0 aliphatic rings. The van der Waals surface area contributed by atoms with E-state index >= 15 is 0 Å². The maximum absolute atomic E-state index is 13.0. The number of fused-ring (bicyclic) bond motifs is 3. The molecule has 0 amide bonds. The lowest BCUT2D eigenvalue weighted by molar-refractivity contribution is -0.140. The molecule has 132 valence electrons. The molecule has 3 N–H and O–H groups in total. The molecule has 0 aromatic carbocycles. The molecule has 0 spiro atoms. The fourth-order valence-corrected chi connectivity index (χ4v) is 2.82. The molecule has 0 aliphatic carbocycles. The van der Waals surface area contributed by atoms with Gasteiger partial charge < -0.3 is 5.73 Å². The lowest BCUT2D eigenvalue weighted by atomic mass is 10.1. The van der Waals surface area contributed by atoms with E-state index in [1.54, 1.807) is 12.1 Å². The van der Waals surface area contributed by atoms with Gasteiger partial charge in [-0.05, 0) is 18.2 Å². The van der Waals surface area contributed by atoms with Gasteiger partial charge in [0, 0.05) is 23.3 Å². The number of anilines is 1. The fourth-order valence-electron chi connectivity index (χ4n) is 2.82. The van der Waals surface area contributed by atoms with Crippen LogP contribution in [0, 0.1) is 0 Å². The summed E-state index contributed by atoms with van der Waals surface area (Å²) in [5.41, 5.74) is 6.16. The highest BCUT2D eigenvalue weighted by Crippen LogP contribution is 2.27. The molecule has 26 heavy (non-hydrogen) atoms. The van der Waals surface area contributed by atoms with Crippen LogP contribution in [0.5, 0.6) is 0 Å². The summed E-state index contributed by atoms with van der Waals surface area (Å²) in [6.45, 7) is -1.41. The minimum Gasteiger partial charge on any atom is -0.384 e. The van der Waals surface area contributed by atoms with E-state index < -0.39 is 18.3 Å². The van der Waals surface area contributed by atoms with Crippen LogP contribution in [0.4, 0.5) is 19.0 Å². The average molecular weight is 360 g/mol. The Morgan fingerprint density at radius 3 is 2.62 bits per heavy atom. The molecule has 4 heterocycles. The number of hydrogen-bond acceptors (Lipinski definition) is 5. The minimum atomic E-state index is -4.56. The van der Waals surface area contributed by atoms with Crippen molar-refractivity contribution in [3.63, 3.8) is 0 Å². The Balaban J connectivity index is 2.04. The van der Waals surface area contributed by atoms with Crippen molar-refractivity contribution in [3.8, 4) is 11.3 Å². The number of halogens is 3. The van der Waals surface area contributed by atoms with Crippen molar-refractivity contribution in [3.05, 3.63) is 47.1 Å². The number of nitrogens with zero attached hydrogens (tertiary/aromatic N) is 4. The van der Waals surface area contributed by atoms with Crippen LogP contribution in [0.25, 0.3) is 33.1 Å². The van der Waals surface area contributed by atoms with Gasteiger partial charge in [-0.25, -0.2) is 4.98 Å². The number of alkyl halides is 3. The Labute approximate surface area is 143 Å².